The average Bonchev–Trinajstić information content (AvgIpc) is 3.07. The van der Waals surface area contributed by atoms with Crippen molar-refractivity contribution in [3.8, 4) is 10.7 Å². The minimum Gasteiger partial charge on any atom is -0.336 e. The number of amides is 1. The molecule has 0 bridgehead atoms. The van der Waals surface area contributed by atoms with Crippen molar-refractivity contribution in [1.82, 2.24) is 19.2 Å². The van der Waals surface area contributed by atoms with Crippen LogP contribution in [0.15, 0.2) is 22.3 Å². The van der Waals surface area contributed by atoms with Crippen molar-refractivity contribution < 1.29 is 4.79 Å². The monoisotopic (exact) mass is 348 g/mol. The summed E-state index contributed by atoms with van der Waals surface area (Å²) in [5.74, 6) is 0.617. The summed E-state index contributed by atoms with van der Waals surface area (Å²) in [5, 5.41) is 6.46. The van der Waals surface area contributed by atoms with Gasteiger partial charge in [-0.2, -0.15) is 0 Å². The lowest BCUT2D eigenvalue weighted by Crippen LogP contribution is -2.45. The minimum atomic E-state index is -0.179. The smallest absolute Gasteiger partial charge is 0.336 e. The van der Waals surface area contributed by atoms with Gasteiger partial charge in [0, 0.05) is 18.1 Å². The van der Waals surface area contributed by atoms with Gasteiger partial charge in [0.2, 0.25) is 5.91 Å². The van der Waals surface area contributed by atoms with E-state index < -0.39 is 0 Å². The van der Waals surface area contributed by atoms with Crippen molar-refractivity contribution in [2.75, 3.05) is 0 Å². The SMILES string of the molecule is CC(C)N(C(=O)Cn1nc(-c2cccs2)n(C2CC2)c1=O)C(C)C. The van der Waals surface area contributed by atoms with Crippen LogP contribution < -0.4 is 5.69 Å². The van der Waals surface area contributed by atoms with E-state index >= 15 is 0 Å². The topological polar surface area (TPSA) is 60.1 Å². The van der Waals surface area contributed by atoms with Crippen molar-refractivity contribution in [2.45, 2.75) is 65.2 Å². The molecule has 130 valence electrons. The van der Waals surface area contributed by atoms with Crippen LogP contribution in [0.2, 0.25) is 0 Å². The second kappa shape index (κ2) is 6.55. The van der Waals surface area contributed by atoms with Crippen molar-refractivity contribution >= 4 is 17.2 Å². The van der Waals surface area contributed by atoms with Crippen LogP contribution in [0.25, 0.3) is 10.7 Å². The number of carbonyl (C=O) groups excluding carboxylic acids is 1. The molecular weight excluding hydrogens is 324 g/mol. The number of rotatable bonds is 6. The Morgan fingerprint density at radius 2 is 2.00 bits per heavy atom. The lowest BCUT2D eigenvalue weighted by Gasteiger charge is -2.30. The maximum absolute atomic E-state index is 12.8. The Morgan fingerprint density at radius 1 is 1.33 bits per heavy atom. The van der Waals surface area contributed by atoms with Crippen LogP contribution in [0.5, 0.6) is 0 Å². The summed E-state index contributed by atoms with van der Waals surface area (Å²) in [6.07, 6.45) is 2.00. The summed E-state index contributed by atoms with van der Waals surface area (Å²) < 4.78 is 3.08. The Kier molecular flexibility index (Phi) is 4.62. The number of hydrogen-bond acceptors (Lipinski definition) is 4. The molecule has 0 saturated heterocycles. The zero-order valence-corrected chi connectivity index (χ0v) is 15.4. The summed E-state index contributed by atoms with van der Waals surface area (Å²) in [4.78, 5) is 28.2. The third kappa shape index (κ3) is 3.17. The molecule has 2 heterocycles. The van der Waals surface area contributed by atoms with Crippen molar-refractivity contribution in [3.05, 3.63) is 28.0 Å². The highest BCUT2D eigenvalue weighted by Crippen LogP contribution is 2.37. The van der Waals surface area contributed by atoms with E-state index in [9.17, 15) is 9.59 Å². The second-order valence-corrected chi connectivity index (χ2v) is 7.78. The van der Waals surface area contributed by atoms with E-state index in [0.29, 0.717) is 5.82 Å². The number of aromatic nitrogens is 3. The maximum atomic E-state index is 12.8. The van der Waals surface area contributed by atoms with Gasteiger partial charge in [-0.15, -0.1) is 16.4 Å². The van der Waals surface area contributed by atoms with Gasteiger partial charge in [0.05, 0.1) is 4.88 Å². The highest BCUT2D eigenvalue weighted by atomic mass is 32.1. The zero-order chi connectivity index (χ0) is 17.4. The van der Waals surface area contributed by atoms with Gasteiger partial charge in [-0.3, -0.25) is 9.36 Å². The predicted molar refractivity (Wildman–Crippen MR) is 95.2 cm³/mol. The molecule has 1 saturated carbocycles. The molecule has 2 aromatic rings. The van der Waals surface area contributed by atoms with Crippen LogP contribution in [0.1, 0.15) is 46.6 Å². The predicted octanol–water partition coefficient (Wildman–Crippen LogP) is 2.75. The highest BCUT2D eigenvalue weighted by molar-refractivity contribution is 7.13. The quantitative estimate of drug-likeness (QED) is 0.806. The van der Waals surface area contributed by atoms with Gasteiger partial charge in [-0.05, 0) is 52.0 Å². The van der Waals surface area contributed by atoms with E-state index in [1.807, 2.05) is 45.2 Å². The fourth-order valence-corrected chi connectivity index (χ4v) is 3.85. The van der Waals surface area contributed by atoms with Crippen LogP contribution in [0, 0.1) is 0 Å². The van der Waals surface area contributed by atoms with Gasteiger partial charge in [-0.1, -0.05) is 6.07 Å². The Labute approximate surface area is 145 Å². The van der Waals surface area contributed by atoms with E-state index in [2.05, 4.69) is 5.10 Å². The van der Waals surface area contributed by atoms with Crippen molar-refractivity contribution in [2.24, 2.45) is 0 Å². The number of hydrogen-bond donors (Lipinski definition) is 0. The van der Waals surface area contributed by atoms with E-state index in [4.69, 9.17) is 0 Å². The fraction of sp³-hybridized carbons (Fsp3) is 0.588. The van der Waals surface area contributed by atoms with Crippen molar-refractivity contribution in [1.29, 1.82) is 0 Å². The molecule has 2 aromatic heterocycles. The lowest BCUT2D eigenvalue weighted by atomic mass is 10.2. The van der Waals surface area contributed by atoms with E-state index in [1.54, 1.807) is 20.8 Å². The minimum absolute atomic E-state index is 0.00666. The molecule has 1 aliphatic rings. The van der Waals surface area contributed by atoms with Gasteiger partial charge in [0.25, 0.3) is 0 Å². The largest absolute Gasteiger partial charge is 0.346 e. The van der Waals surface area contributed by atoms with Crippen molar-refractivity contribution in [3.63, 3.8) is 0 Å². The first kappa shape index (κ1) is 17.0. The van der Waals surface area contributed by atoms with E-state index in [1.165, 1.54) is 4.68 Å². The molecule has 0 radical (unpaired) electrons. The number of thiophene rings is 1. The standard InChI is InChI=1S/C17H24N4O2S/c1-11(2)20(12(3)4)15(22)10-19-17(23)21(13-7-8-13)16(18-19)14-6-5-9-24-14/h5-6,9,11-13H,7-8,10H2,1-4H3. The second-order valence-electron chi connectivity index (χ2n) is 6.83. The summed E-state index contributed by atoms with van der Waals surface area (Å²) in [6.45, 7) is 7.94. The summed E-state index contributed by atoms with van der Waals surface area (Å²) in [7, 11) is 0. The molecule has 0 N–H and O–H groups in total. The Morgan fingerprint density at radius 3 is 2.50 bits per heavy atom. The Balaban J connectivity index is 1.93. The number of nitrogens with zero attached hydrogens (tertiary/aromatic N) is 4. The maximum Gasteiger partial charge on any atom is 0.346 e. The molecule has 0 aliphatic heterocycles. The molecule has 7 heteroatoms. The number of carbonyl (C=O) groups is 1. The van der Waals surface area contributed by atoms with Gasteiger partial charge in [0.15, 0.2) is 5.82 Å². The molecule has 0 aromatic carbocycles. The molecule has 0 atom stereocenters. The average molecular weight is 348 g/mol. The molecule has 24 heavy (non-hydrogen) atoms. The fourth-order valence-electron chi connectivity index (χ4n) is 3.14. The molecule has 1 fully saturated rings. The van der Waals surface area contributed by atoms with Crippen LogP contribution in [0.3, 0.4) is 0 Å². The van der Waals surface area contributed by atoms with Gasteiger partial charge in [0.1, 0.15) is 6.54 Å². The van der Waals surface area contributed by atoms with Crippen LogP contribution in [-0.2, 0) is 11.3 Å². The summed E-state index contributed by atoms with van der Waals surface area (Å²) >= 11 is 1.56. The van der Waals surface area contributed by atoms with Crippen LogP contribution >= 0.6 is 11.3 Å². The van der Waals surface area contributed by atoms with Crippen LogP contribution in [-0.4, -0.2) is 37.2 Å². The molecule has 0 spiro atoms. The normalized spacial score (nSPS) is 14.6. The Hall–Kier alpha value is -1.89. The van der Waals surface area contributed by atoms with E-state index in [0.717, 1.165) is 17.7 Å². The lowest BCUT2D eigenvalue weighted by molar-refractivity contribution is -0.135. The first-order valence-corrected chi connectivity index (χ1v) is 9.32. The molecule has 3 rings (SSSR count). The molecular formula is C17H24N4O2S. The van der Waals surface area contributed by atoms with E-state index in [-0.39, 0.29) is 36.3 Å². The Bertz CT molecular complexity index is 761. The summed E-state index contributed by atoms with van der Waals surface area (Å²) in [5.41, 5.74) is -0.179. The van der Waals surface area contributed by atoms with Gasteiger partial charge >= 0.3 is 5.69 Å². The molecule has 1 aliphatic carbocycles. The van der Waals surface area contributed by atoms with Gasteiger partial charge in [-0.25, -0.2) is 9.48 Å². The highest BCUT2D eigenvalue weighted by Gasteiger charge is 2.31. The molecule has 6 nitrogen and oxygen atoms in total. The van der Waals surface area contributed by atoms with Gasteiger partial charge < -0.3 is 4.90 Å². The summed E-state index contributed by atoms with van der Waals surface area (Å²) in [6, 6.07) is 4.33. The van der Waals surface area contributed by atoms with Crippen LogP contribution in [0.4, 0.5) is 0 Å². The third-order valence-corrected chi connectivity index (χ3v) is 5.08. The first-order chi connectivity index (χ1) is 11.4. The zero-order valence-electron chi connectivity index (χ0n) is 14.6. The molecule has 0 unspecified atom stereocenters. The molecule has 1 amide bonds. The first-order valence-electron chi connectivity index (χ1n) is 8.44. The third-order valence-electron chi connectivity index (χ3n) is 4.21.